The lowest BCUT2D eigenvalue weighted by Gasteiger charge is -2.18. The number of hydrogen-bond acceptors (Lipinski definition) is 3. The van der Waals surface area contributed by atoms with E-state index in [9.17, 15) is 9.90 Å². The monoisotopic (exact) mass is 285 g/mol. The first-order valence-corrected chi connectivity index (χ1v) is 7.35. The van der Waals surface area contributed by atoms with Gasteiger partial charge in [-0.1, -0.05) is 30.4 Å². The molecule has 2 N–H and O–H groups in total. The highest BCUT2D eigenvalue weighted by Crippen LogP contribution is 2.26. The van der Waals surface area contributed by atoms with Crippen molar-refractivity contribution in [1.29, 1.82) is 0 Å². The van der Waals surface area contributed by atoms with E-state index in [1.54, 1.807) is 6.07 Å². The molecule has 1 aromatic heterocycles. The summed E-state index contributed by atoms with van der Waals surface area (Å²) in [5, 5.41) is 13.6. The minimum atomic E-state index is -1.01. The molecule has 1 atom stereocenters. The van der Waals surface area contributed by atoms with Crippen molar-refractivity contribution in [3.63, 3.8) is 0 Å². The minimum absolute atomic E-state index is 0.0484. The fraction of sp³-hybridized carbons (Fsp3) is 0.353. The van der Waals surface area contributed by atoms with E-state index in [2.05, 4.69) is 17.5 Å². The molecule has 0 saturated heterocycles. The Morgan fingerprint density at radius 1 is 1.33 bits per heavy atom. The average molecular weight is 285 g/mol. The van der Waals surface area contributed by atoms with Crippen molar-refractivity contribution in [2.45, 2.75) is 25.8 Å². The number of para-hydroxylation sites is 1. The summed E-state index contributed by atoms with van der Waals surface area (Å²) in [7, 11) is 0. The molecule has 1 aromatic carbocycles. The van der Waals surface area contributed by atoms with Crippen LogP contribution < -0.4 is 5.32 Å². The Kier molecular flexibility index (Phi) is 4.06. The van der Waals surface area contributed by atoms with Crippen LogP contribution in [0.4, 0.5) is 0 Å². The van der Waals surface area contributed by atoms with Gasteiger partial charge in [0.15, 0.2) is 0 Å². The Bertz CT molecular complexity index is 672. The van der Waals surface area contributed by atoms with Crippen LogP contribution in [0.1, 0.15) is 35.4 Å². The molecule has 0 spiro atoms. The Morgan fingerprint density at radius 3 is 2.95 bits per heavy atom. The molecular weight excluding hydrogens is 266 g/mol. The van der Waals surface area contributed by atoms with Crippen molar-refractivity contribution in [2.75, 3.05) is 6.54 Å². The van der Waals surface area contributed by atoms with Crippen molar-refractivity contribution in [2.24, 2.45) is 5.92 Å². The third-order valence-electron chi connectivity index (χ3n) is 4.00. The third-order valence-corrected chi connectivity index (χ3v) is 4.00. The molecule has 4 nitrogen and oxygen atoms in total. The molecule has 0 saturated carbocycles. The number of allylic oxidation sites excluding steroid dienone is 2. The van der Waals surface area contributed by atoms with E-state index in [1.165, 1.54) is 6.42 Å². The molecule has 21 heavy (non-hydrogen) atoms. The largest absolute Gasteiger partial charge is 0.475 e. The lowest BCUT2D eigenvalue weighted by molar-refractivity contribution is 0.0663. The summed E-state index contributed by atoms with van der Waals surface area (Å²) >= 11 is 0. The maximum atomic E-state index is 11.3. The number of nitrogens with one attached hydrogen (secondary N) is 1. The van der Waals surface area contributed by atoms with Gasteiger partial charge in [0.25, 0.3) is 0 Å². The molecule has 0 fully saturated rings. The molecule has 4 heteroatoms. The van der Waals surface area contributed by atoms with E-state index in [0.29, 0.717) is 18.0 Å². The van der Waals surface area contributed by atoms with Gasteiger partial charge in [-0.05, 0) is 37.8 Å². The predicted octanol–water partition coefficient (Wildman–Crippen LogP) is 3.58. The molecule has 0 bridgehead atoms. The summed E-state index contributed by atoms with van der Waals surface area (Å²) < 4.78 is 5.45. The highest BCUT2D eigenvalue weighted by Gasteiger charge is 2.19. The summed E-state index contributed by atoms with van der Waals surface area (Å²) in [6.45, 7) is 1.43. The quantitative estimate of drug-likeness (QED) is 0.824. The van der Waals surface area contributed by atoms with E-state index >= 15 is 0 Å². The molecule has 1 aliphatic carbocycles. The molecule has 0 amide bonds. The summed E-state index contributed by atoms with van der Waals surface area (Å²) in [6.07, 6.45) is 7.89. The van der Waals surface area contributed by atoms with Crippen molar-refractivity contribution in [3.8, 4) is 0 Å². The van der Waals surface area contributed by atoms with Crippen LogP contribution in [-0.2, 0) is 6.54 Å². The van der Waals surface area contributed by atoms with E-state index in [4.69, 9.17) is 4.42 Å². The Balaban J connectivity index is 1.74. The van der Waals surface area contributed by atoms with Crippen LogP contribution in [-0.4, -0.2) is 17.6 Å². The lowest BCUT2D eigenvalue weighted by Crippen LogP contribution is -2.23. The standard InChI is InChI=1S/C17H19NO3/c19-17(20)16-14(13-8-4-5-9-15(13)21-16)11-18-10-12-6-2-1-3-7-12/h1-2,4-5,8-9,12,18H,3,6-7,10-11H2,(H,19,20). The molecule has 1 heterocycles. The van der Waals surface area contributed by atoms with Crippen molar-refractivity contribution in [1.82, 2.24) is 5.32 Å². The van der Waals surface area contributed by atoms with Gasteiger partial charge in [-0.15, -0.1) is 0 Å². The van der Waals surface area contributed by atoms with E-state index in [0.717, 1.165) is 30.3 Å². The fourth-order valence-corrected chi connectivity index (χ4v) is 2.89. The molecular formula is C17H19NO3. The maximum Gasteiger partial charge on any atom is 0.372 e. The van der Waals surface area contributed by atoms with Gasteiger partial charge in [0.1, 0.15) is 5.58 Å². The fourth-order valence-electron chi connectivity index (χ4n) is 2.89. The first-order chi connectivity index (χ1) is 10.3. The van der Waals surface area contributed by atoms with Crippen molar-refractivity contribution >= 4 is 16.9 Å². The molecule has 2 aromatic rings. The number of aromatic carboxylic acids is 1. The van der Waals surface area contributed by atoms with Crippen LogP contribution in [0.5, 0.6) is 0 Å². The third kappa shape index (κ3) is 3.00. The zero-order valence-electron chi connectivity index (χ0n) is 11.8. The Hall–Kier alpha value is -2.07. The average Bonchev–Trinajstić information content (AvgIpc) is 2.88. The molecule has 0 radical (unpaired) electrons. The number of fused-ring (bicyclic) bond motifs is 1. The number of carbonyl (C=O) groups is 1. The highest BCUT2D eigenvalue weighted by atomic mass is 16.4. The molecule has 1 unspecified atom stereocenters. The second kappa shape index (κ2) is 6.14. The Morgan fingerprint density at radius 2 is 2.19 bits per heavy atom. The van der Waals surface area contributed by atoms with Gasteiger partial charge in [0, 0.05) is 17.5 Å². The van der Waals surface area contributed by atoms with Crippen LogP contribution in [0, 0.1) is 5.92 Å². The number of furan rings is 1. The summed E-state index contributed by atoms with van der Waals surface area (Å²) in [4.78, 5) is 11.3. The number of hydrogen-bond donors (Lipinski definition) is 2. The predicted molar refractivity (Wildman–Crippen MR) is 81.4 cm³/mol. The summed E-state index contributed by atoms with van der Waals surface area (Å²) in [5.41, 5.74) is 1.37. The van der Waals surface area contributed by atoms with Crippen LogP contribution in [0.3, 0.4) is 0 Å². The molecule has 110 valence electrons. The van der Waals surface area contributed by atoms with Crippen molar-refractivity contribution in [3.05, 3.63) is 47.7 Å². The topological polar surface area (TPSA) is 62.5 Å². The van der Waals surface area contributed by atoms with Gasteiger partial charge in [-0.25, -0.2) is 4.79 Å². The number of rotatable bonds is 5. The highest BCUT2D eigenvalue weighted by molar-refractivity contribution is 5.95. The van der Waals surface area contributed by atoms with Crippen LogP contribution >= 0.6 is 0 Å². The lowest BCUT2D eigenvalue weighted by atomic mass is 9.94. The summed E-state index contributed by atoms with van der Waals surface area (Å²) in [6, 6.07) is 7.46. The summed E-state index contributed by atoms with van der Waals surface area (Å²) in [5.74, 6) is -0.322. The number of carboxylic acid groups (broad SMARTS) is 1. The smallest absolute Gasteiger partial charge is 0.372 e. The first kappa shape index (κ1) is 13.9. The zero-order valence-corrected chi connectivity index (χ0v) is 11.8. The number of benzene rings is 1. The van der Waals surface area contributed by atoms with Gasteiger partial charge >= 0.3 is 5.97 Å². The second-order valence-corrected chi connectivity index (χ2v) is 5.49. The van der Waals surface area contributed by atoms with Crippen LogP contribution in [0.15, 0.2) is 40.8 Å². The van der Waals surface area contributed by atoms with Gasteiger partial charge in [0.05, 0.1) is 0 Å². The minimum Gasteiger partial charge on any atom is -0.475 e. The second-order valence-electron chi connectivity index (χ2n) is 5.49. The van der Waals surface area contributed by atoms with Gasteiger partial charge in [-0.3, -0.25) is 0 Å². The first-order valence-electron chi connectivity index (χ1n) is 7.35. The Labute approximate surface area is 123 Å². The van der Waals surface area contributed by atoms with Crippen molar-refractivity contribution < 1.29 is 14.3 Å². The van der Waals surface area contributed by atoms with E-state index in [1.807, 2.05) is 18.2 Å². The normalized spacial score (nSPS) is 18.2. The molecule has 0 aliphatic heterocycles. The number of carboxylic acids is 1. The van der Waals surface area contributed by atoms with Crippen LogP contribution in [0.2, 0.25) is 0 Å². The van der Waals surface area contributed by atoms with Gasteiger partial charge in [0.2, 0.25) is 5.76 Å². The van der Waals surface area contributed by atoms with E-state index < -0.39 is 5.97 Å². The SMILES string of the molecule is O=C(O)c1oc2ccccc2c1CNCC1CC=CCC1. The van der Waals surface area contributed by atoms with Crippen LogP contribution in [0.25, 0.3) is 11.0 Å². The van der Waals surface area contributed by atoms with Gasteiger partial charge in [-0.2, -0.15) is 0 Å². The zero-order chi connectivity index (χ0) is 14.7. The molecule has 1 aliphatic rings. The van der Waals surface area contributed by atoms with Gasteiger partial charge < -0.3 is 14.8 Å². The van der Waals surface area contributed by atoms with E-state index in [-0.39, 0.29) is 5.76 Å². The maximum absolute atomic E-state index is 11.3. The molecule has 3 rings (SSSR count).